The average Bonchev–Trinajstić information content (AvgIpc) is 2.24. The van der Waals surface area contributed by atoms with E-state index in [4.69, 9.17) is 16.7 Å². The second kappa shape index (κ2) is 3.98. The van der Waals surface area contributed by atoms with Gasteiger partial charge in [-0.1, -0.05) is 35.9 Å². The molecule has 0 saturated carbocycles. The molecule has 0 aliphatic carbocycles. The summed E-state index contributed by atoms with van der Waals surface area (Å²) in [6.45, 7) is 0. The molecule has 82 valence electrons. The van der Waals surface area contributed by atoms with Gasteiger partial charge in [0, 0.05) is 5.39 Å². The first-order chi connectivity index (χ1) is 7.59. The van der Waals surface area contributed by atoms with Crippen LogP contribution in [0.2, 0.25) is 5.02 Å². The average molecular weight is 240 g/mol. The molecule has 2 aromatic carbocycles. The van der Waals surface area contributed by atoms with E-state index in [1.165, 1.54) is 6.07 Å². The van der Waals surface area contributed by atoms with Crippen molar-refractivity contribution in [2.45, 2.75) is 0 Å². The van der Waals surface area contributed by atoms with Gasteiger partial charge in [0.1, 0.15) is 5.82 Å². The van der Waals surface area contributed by atoms with E-state index in [0.717, 1.165) is 0 Å². The van der Waals surface area contributed by atoms with Crippen molar-refractivity contribution in [3.63, 3.8) is 0 Å². The molecule has 0 fully saturated rings. The van der Waals surface area contributed by atoms with Gasteiger partial charge in [-0.15, -0.1) is 0 Å². The molecule has 0 aromatic heterocycles. The first-order valence-corrected chi connectivity index (χ1v) is 4.84. The van der Waals surface area contributed by atoms with Crippen molar-refractivity contribution in [2.75, 3.05) is 5.32 Å². The van der Waals surface area contributed by atoms with Crippen molar-refractivity contribution >= 4 is 34.2 Å². The summed E-state index contributed by atoms with van der Waals surface area (Å²) in [6, 6.07) is 8.14. The minimum Gasteiger partial charge on any atom is -0.465 e. The number of rotatable bonds is 1. The molecule has 0 spiro atoms. The molecule has 0 saturated heterocycles. The van der Waals surface area contributed by atoms with Crippen molar-refractivity contribution in [1.29, 1.82) is 0 Å². The summed E-state index contributed by atoms with van der Waals surface area (Å²) < 4.78 is 13.5. The van der Waals surface area contributed by atoms with Gasteiger partial charge in [0.2, 0.25) is 0 Å². The Labute approximate surface area is 95.5 Å². The topological polar surface area (TPSA) is 49.3 Å². The van der Waals surface area contributed by atoms with E-state index in [9.17, 15) is 9.18 Å². The number of nitrogens with one attached hydrogen (secondary N) is 1. The minimum atomic E-state index is -1.35. The molecule has 0 atom stereocenters. The highest BCUT2D eigenvalue weighted by atomic mass is 35.5. The zero-order chi connectivity index (χ0) is 11.7. The van der Waals surface area contributed by atoms with E-state index in [1.807, 2.05) is 5.32 Å². The lowest BCUT2D eigenvalue weighted by molar-refractivity contribution is 0.209. The molecule has 0 aliphatic rings. The molecule has 1 amide bonds. The molecule has 2 N–H and O–H groups in total. The first kappa shape index (κ1) is 10.7. The first-order valence-electron chi connectivity index (χ1n) is 4.46. The van der Waals surface area contributed by atoms with Crippen LogP contribution in [0.4, 0.5) is 14.9 Å². The SMILES string of the molecule is O=C(O)Nc1c(F)cc2ccccc2c1Cl. The number of fused-ring (bicyclic) bond motifs is 1. The fraction of sp³-hybridized carbons (Fsp3) is 0. The van der Waals surface area contributed by atoms with Gasteiger partial charge >= 0.3 is 6.09 Å². The summed E-state index contributed by atoms with van der Waals surface area (Å²) in [6.07, 6.45) is -1.35. The predicted molar refractivity (Wildman–Crippen MR) is 60.6 cm³/mol. The number of hydrogen-bond acceptors (Lipinski definition) is 1. The van der Waals surface area contributed by atoms with Crippen LogP contribution in [0, 0.1) is 5.82 Å². The highest BCUT2D eigenvalue weighted by Crippen LogP contribution is 2.33. The standard InChI is InChI=1S/C11H7ClFNO2/c12-9-7-4-2-1-3-6(7)5-8(13)10(9)14-11(15)16/h1-5,14H,(H,15,16). The smallest absolute Gasteiger partial charge is 0.409 e. The maximum absolute atomic E-state index is 13.5. The lowest BCUT2D eigenvalue weighted by atomic mass is 10.1. The highest BCUT2D eigenvalue weighted by molar-refractivity contribution is 6.38. The van der Waals surface area contributed by atoms with E-state index in [-0.39, 0.29) is 10.7 Å². The second-order valence-corrected chi connectivity index (χ2v) is 3.58. The quantitative estimate of drug-likeness (QED) is 0.797. The number of hydrogen-bond donors (Lipinski definition) is 2. The van der Waals surface area contributed by atoms with Crippen LogP contribution in [0.5, 0.6) is 0 Å². The van der Waals surface area contributed by atoms with Crippen LogP contribution in [0.15, 0.2) is 30.3 Å². The Bertz CT molecular complexity index is 571. The Kier molecular flexibility index (Phi) is 2.66. The maximum atomic E-state index is 13.5. The zero-order valence-electron chi connectivity index (χ0n) is 8.00. The molecular formula is C11H7ClFNO2. The van der Waals surface area contributed by atoms with E-state index in [2.05, 4.69) is 0 Å². The Hall–Kier alpha value is -1.81. The molecule has 2 rings (SSSR count). The molecule has 0 unspecified atom stereocenters. The van der Waals surface area contributed by atoms with Crippen LogP contribution < -0.4 is 5.32 Å². The Balaban J connectivity index is 2.70. The molecular weight excluding hydrogens is 233 g/mol. The fourth-order valence-electron chi connectivity index (χ4n) is 1.49. The number of amides is 1. The van der Waals surface area contributed by atoms with Crippen LogP contribution in [-0.4, -0.2) is 11.2 Å². The number of carbonyl (C=O) groups is 1. The summed E-state index contributed by atoms with van der Waals surface area (Å²) in [5.41, 5.74) is -0.215. The molecule has 0 bridgehead atoms. The number of carboxylic acid groups (broad SMARTS) is 1. The van der Waals surface area contributed by atoms with E-state index in [0.29, 0.717) is 10.8 Å². The number of halogens is 2. The molecule has 0 aliphatic heterocycles. The van der Waals surface area contributed by atoms with Crippen LogP contribution in [0.25, 0.3) is 10.8 Å². The molecule has 2 aromatic rings. The number of anilines is 1. The van der Waals surface area contributed by atoms with Crippen molar-refractivity contribution in [1.82, 2.24) is 0 Å². The van der Waals surface area contributed by atoms with Crippen LogP contribution >= 0.6 is 11.6 Å². The molecule has 5 heteroatoms. The molecule has 0 radical (unpaired) electrons. The maximum Gasteiger partial charge on any atom is 0.409 e. The van der Waals surface area contributed by atoms with Gasteiger partial charge in [-0.25, -0.2) is 9.18 Å². The summed E-state index contributed by atoms with van der Waals surface area (Å²) in [7, 11) is 0. The van der Waals surface area contributed by atoms with Gasteiger partial charge < -0.3 is 5.11 Å². The molecule has 3 nitrogen and oxygen atoms in total. The molecule has 0 heterocycles. The second-order valence-electron chi connectivity index (χ2n) is 3.20. The van der Waals surface area contributed by atoms with Crippen LogP contribution in [0.3, 0.4) is 0 Å². The summed E-state index contributed by atoms with van der Waals surface area (Å²) >= 11 is 5.93. The summed E-state index contributed by atoms with van der Waals surface area (Å²) in [5, 5.41) is 11.8. The molecule has 16 heavy (non-hydrogen) atoms. The lowest BCUT2D eigenvalue weighted by Gasteiger charge is -2.08. The van der Waals surface area contributed by atoms with Crippen molar-refractivity contribution < 1.29 is 14.3 Å². The Morgan fingerprint density at radius 2 is 2.06 bits per heavy atom. The zero-order valence-corrected chi connectivity index (χ0v) is 8.75. The lowest BCUT2D eigenvalue weighted by Crippen LogP contribution is -2.09. The van der Waals surface area contributed by atoms with Gasteiger partial charge in [0.25, 0.3) is 0 Å². The Morgan fingerprint density at radius 3 is 2.75 bits per heavy atom. The summed E-state index contributed by atoms with van der Waals surface area (Å²) in [5.74, 6) is -0.689. The number of benzene rings is 2. The summed E-state index contributed by atoms with van der Waals surface area (Å²) in [4.78, 5) is 10.5. The Morgan fingerprint density at radius 1 is 1.38 bits per heavy atom. The van der Waals surface area contributed by atoms with Crippen molar-refractivity contribution in [3.05, 3.63) is 41.2 Å². The third-order valence-corrected chi connectivity index (χ3v) is 2.56. The van der Waals surface area contributed by atoms with Crippen molar-refractivity contribution in [3.8, 4) is 0 Å². The van der Waals surface area contributed by atoms with Crippen molar-refractivity contribution in [2.24, 2.45) is 0 Å². The largest absolute Gasteiger partial charge is 0.465 e. The van der Waals surface area contributed by atoms with Gasteiger partial charge in [0.05, 0.1) is 10.7 Å². The monoisotopic (exact) mass is 239 g/mol. The van der Waals surface area contributed by atoms with E-state index >= 15 is 0 Å². The third kappa shape index (κ3) is 1.79. The normalized spacial score (nSPS) is 10.4. The van der Waals surface area contributed by atoms with Gasteiger partial charge in [-0.2, -0.15) is 0 Å². The van der Waals surface area contributed by atoms with Gasteiger partial charge in [-0.05, 0) is 11.5 Å². The minimum absolute atomic E-state index is 0.0676. The predicted octanol–water partition coefficient (Wildman–Crippen LogP) is 3.72. The van der Waals surface area contributed by atoms with Crippen LogP contribution in [0.1, 0.15) is 0 Å². The van der Waals surface area contributed by atoms with E-state index in [1.54, 1.807) is 24.3 Å². The van der Waals surface area contributed by atoms with Crippen LogP contribution in [-0.2, 0) is 0 Å². The fourth-order valence-corrected chi connectivity index (χ4v) is 1.80. The van der Waals surface area contributed by atoms with Gasteiger partial charge in [0.15, 0.2) is 0 Å². The van der Waals surface area contributed by atoms with E-state index < -0.39 is 11.9 Å². The van der Waals surface area contributed by atoms with Gasteiger partial charge in [-0.3, -0.25) is 5.32 Å². The highest BCUT2D eigenvalue weighted by Gasteiger charge is 2.13. The third-order valence-electron chi connectivity index (χ3n) is 2.17.